The fourth-order valence-electron chi connectivity index (χ4n) is 2.97. The molecule has 32 heavy (non-hydrogen) atoms. The molecule has 12 nitrogen and oxygen atoms in total. The number of nitrogens with zero attached hydrogens (tertiary/aromatic N) is 4. The Morgan fingerprint density at radius 3 is 2.50 bits per heavy atom. The first-order valence-corrected chi connectivity index (χ1v) is 12.0. The fourth-order valence-corrected chi connectivity index (χ4v) is 4.38. The normalized spacial score (nSPS) is 19.7. The van der Waals surface area contributed by atoms with Crippen molar-refractivity contribution in [1.29, 1.82) is 0 Å². The van der Waals surface area contributed by atoms with Crippen molar-refractivity contribution in [2.75, 3.05) is 25.6 Å². The van der Waals surface area contributed by atoms with Gasteiger partial charge in [-0.2, -0.15) is 0 Å². The molecule has 2 rings (SSSR count). The molecule has 0 saturated carbocycles. The topological polar surface area (TPSA) is 172 Å². The largest absolute Gasteiger partial charge is 0.394 e. The van der Waals surface area contributed by atoms with E-state index in [0.29, 0.717) is 23.4 Å². The van der Waals surface area contributed by atoms with Crippen molar-refractivity contribution in [1.82, 2.24) is 19.5 Å². The average molecular weight is 475 g/mol. The second kappa shape index (κ2) is 10.5. The third-order valence-electron chi connectivity index (χ3n) is 5.68. The van der Waals surface area contributed by atoms with Crippen LogP contribution in [0.25, 0.3) is 11.2 Å². The number of hydrogen-bond acceptors (Lipinski definition) is 10. The molecule has 0 saturated heterocycles. The molecule has 3 unspecified atom stereocenters. The van der Waals surface area contributed by atoms with Gasteiger partial charge in [0.05, 0.1) is 25.1 Å². The Morgan fingerprint density at radius 1 is 1.25 bits per heavy atom. The molecule has 0 aliphatic rings. The summed E-state index contributed by atoms with van der Waals surface area (Å²) in [5.74, 6) is 0.500. The molecule has 0 fully saturated rings. The zero-order chi connectivity index (χ0) is 24.2. The van der Waals surface area contributed by atoms with Crippen LogP contribution in [0.15, 0.2) is 12.7 Å². The molecular formula is C19H34N5O7P. The van der Waals surface area contributed by atoms with E-state index < -0.39 is 37.5 Å². The second-order valence-electron chi connectivity index (χ2n) is 8.04. The van der Waals surface area contributed by atoms with Crippen LogP contribution in [0, 0.1) is 0 Å². The van der Waals surface area contributed by atoms with Crippen LogP contribution in [0.3, 0.4) is 0 Å². The number of aromatic nitrogens is 4. The van der Waals surface area contributed by atoms with Gasteiger partial charge in [0.2, 0.25) is 0 Å². The lowest BCUT2D eigenvalue weighted by atomic mass is 10.0. The number of fused-ring (bicyclic) bond motifs is 1. The number of anilines is 1. The Morgan fingerprint density at radius 2 is 1.94 bits per heavy atom. The van der Waals surface area contributed by atoms with E-state index in [1.165, 1.54) is 24.1 Å². The zero-order valence-electron chi connectivity index (χ0n) is 19.1. The van der Waals surface area contributed by atoms with Gasteiger partial charge in [-0.25, -0.2) is 15.0 Å². The van der Waals surface area contributed by atoms with Crippen LogP contribution in [0.5, 0.6) is 0 Å². The Hall–Kier alpha value is -1.66. The van der Waals surface area contributed by atoms with Gasteiger partial charge < -0.3 is 34.8 Å². The molecule has 5 atom stereocenters. The van der Waals surface area contributed by atoms with E-state index >= 15 is 0 Å². The fraction of sp³-hybridized carbons (Fsp3) is 0.737. The lowest BCUT2D eigenvalue weighted by Gasteiger charge is -2.36. The first kappa shape index (κ1) is 26.6. The monoisotopic (exact) mass is 475 g/mol. The summed E-state index contributed by atoms with van der Waals surface area (Å²) in [4.78, 5) is 22.9. The summed E-state index contributed by atoms with van der Waals surface area (Å²) in [5.41, 5.74) is -0.204. The van der Waals surface area contributed by atoms with Crippen molar-refractivity contribution in [3.8, 4) is 0 Å². The minimum Gasteiger partial charge on any atom is -0.394 e. The Kier molecular flexibility index (Phi) is 8.74. The highest BCUT2D eigenvalue weighted by Crippen LogP contribution is 2.58. The first-order chi connectivity index (χ1) is 14.9. The molecule has 5 N–H and O–H groups in total. The summed E-state index contributed by atoms with van der Waals surface area (Å²) in [6, 6.07) is 0. The lowest BCUT2D eigenvalue weighted by molar-refractivity contribution is -0.107. The van der Waals surface area contributed by atoms with E-state index in [1.807, 2.05) is 0 Å². The summed E-state index contributed by atoms with van der Waals surface area (Å²) < 4.78 is 25.5. The van der Waals surface area contributed by atoms with Crippen LogP contribution in [0.4, 0.5) is 5.82 Å². The number of nitrogens with one attached hydrogen (secondary N) is 1. The smallest absolute Gasteiger partial charge is 0.359 e. The summed E-state index contributed by atoms with van der Waals surface area (Å²) in [5, 5.41) is 31.1. The summed E-state index contributed by atoms with van der Waals surface area (Å²) in [7, 11) is -2.65. The standard InChI is InChI=1S/C19H34N5O7P/c1-6-18(3,31-32(28,29)19(4,27)7-2)8-9-30-17(13(26)10-25)24-12-23-14-15(20-5)21-11-22-16(14)24/h11-13,17,25-27H,6-10H2,1-5H3,(H,28,29)(H,20,21,22)/t13-,17-,18?,19?/m1/s1. The van der Waals surface area contributed by atoms with Crippen LogP contribution >= 0.6 is 7.60 Å². The Balaban J connectivity index is 2.20. The van der Waals surface area contributed by atoms with Gasteiger partial charge >= 0.3 is 7.60 Å². The van der Waals surface area contributed by atoms with Crippen molar-refractivity contribution in [3.05, 3.63) is 12.7 Å². The molecule has 2 heterocycles. The minimum atomic E-state index is -4.34. The van der Waals surface area contributed by atoms with Crippen LogP contribution in [0.2, 0.25) is 0 Å². The molecule has 0 amide bonds. The van der Waals surface area contributed by atoms with Gasteiger partial charge in [0, 0.05) is 13.5 Å². The van der Waals surface area contributed by atoms with Gasteiger partial charge in [0.15, 0.2) is 23.0 Å². The first-order valence-electron chi connectivity index (χ1n) is 10.5. The summed E-state index contributed by atoms with van der Waals surface area (Å²) in [6.45, 7) is 5.75. The van der Waals surface area contributed by atoms with Gasteiger partial charge in [0.1, 0.15) is 17.9 Å². The van der Waals surface area contributed by atoms with Crippen molar-refractivity contribution < 1.29 is 34.0 Å². The molecule has 2 aromatic rings. The molecule has 13 heteroatoms. The minimum absolute atomic E-state index is 0.0178. The Bertz CT molecular complexity index is 940. The molecule has 0 radical (unpaired) electrons. The third-order valence-corrected chi connectivity index (χ3v) is 7.90. The number of aliphatic hydroxyl groups is 3. The van der Waals surface area contributed by atoms with Crippen LogP contribution in [-0.4, -0.2) is 77.0 Å². The maximum absolute atomic E-state index is 12.6. The van der Waals surface area contributed by atoms with E-state index in [-0.39, 0.29) is 19.4 Å². The number of aliphatic hydroxyl groups excluding tert-OH is 2. The van der Waals surface area contributed by atoms with E-state index in [2.05, 4.69) is 20.3 Å². The van der Waals surface area contributed by atoms with Gasteiger partial charge in [-0.3, -0.25) is 9.13 Å². The summed E-state index contributed by atoms with van der Waals surface area (Å²) in [6.07, 6.45) is 1.08. The van der Waals surface area contributed by atoms with E-state index in [0.717, 1.165) is 0 Å². The molecule has 0 aliphatic heterocycles. The Labute approximate surface area is 187 Å². The van der Waals surface area contributed by atoms with Crippen molar-refractivity contribution >= 4 is 24.6 Å². The van der Waals surface area contributed by atoms with Crippen molar-refractivity contribution in [2.24, 2.45) is 0 Å². The highest BCUT2D eigenvalue weighted by atomic mass is 31.2. The quantitative estimate of drug-likeness (QED) is 0.266. The molecular weight excluding hydrogens is 441 g/mol. The number of ether oxygens (including phenoxy) is 1. The average Bonchev–Trinajstić information content (AvgIpc) is 3.19. The van der Waals surface area contributed by atoms with E-state index in [9.17, 15) is 24.8 Å². The molecule has 0 aromatic carbocycles. The number of imidazole rings is 1. The van der Waals surface area contributed by atoms with E-state index in [1.54, 1.807) is 27.8 Å². The third kappa shape index (κ3) is 5.63. The van der Waals surface area contributed by atoms with Crippen molar-refractivity contribution in [3.63, 3.8) is 0 Å². The van der Waals surface area contributed by atoms with Crippen LogP contribution < -0.4 is 5.32 Å². The van der Waals surface area contributed by atoms with Crippen LogP contribution in [-0.2, 0) is 13.8 Å². The zero-order valence-corrected chi connectivity index (χ0v) is 20.0. The van der Waals surface area contributed by atoms with Gasteiger partial charge in [-0.15, -0.1) is 0 Å². The highest BCUT2D eigenvalue weighted by Gasteiger charge is 2.46. The molecule has 0 bridgehead atoms. The second-order valence-corrected chi connectivity index (χ2v) is 10.2. The number of hydrogen-bond donors (Lipinski definition) is 5. The lowest BCUT2D eigenvalue weighted by Crippen LogP contribution is -2.35. The van der Waals surface area contributed by atoms with E-state index in [4.69, 9.17) is 9.26 Å². The predicted molar refractivity (Wildman–Crippen MR) is 118 cm³/mol. The van der Waals surface area contributed by atoms with Gasteiger partial charge in [0.25, 0.3) is 0 Å². The predicted octanol–water partition coefficient (Wildman–Crippen LogP) is 1.62. The molecule has 0 spiro atoms. The molecule has 0 aliphatic carbocycles. The summed E-state index contributed by atoms with van der Waals surface area (Å²) >= 11 is 0. The van der Waals surface area contributed by atoms with Crippen molar-refractivity contribution in [2.45, 2.75) is 70.2 Å². The SMILES string of the molecule is CCC(C)(CCO[C@H]([C@H](O)CO)n1cnc2c(NC)ncnc21)OP(=O)(O)C(C)(O)CC. The molecule has 182 valence electrons. The number of rotatable bonds is 13. The van der Waals surface area contributed by atoms with Gasteiger partial charge in [-0.1, -0.05) is 13.8 Å². The van der Waals surface area contributed by atoms with Crippen LogP contribution in [0.1, 0.15) is 53.2 Å². The highest BCUT2D eigenvalue weighted by molar-refractivity contribution is 7.54. The van der Waals surface area contributed by atoms with Gasteiger partial charge in [-0.05, 0) is 26.7 Å². The maximum atomic E-state index is 12.6. The molecule has 2 aromatic heterocycles. The maximum Gasteiger partial charge on any atom is 0.359 e.